The minimum absolute atomic E-state index is 0.0269. The van der Waals surface area contributed by atoms with Crippen molar-refractivity contribution >= 4 is 40.7 Å². The zero-order valence-corrected chi connectivity index (χ0v) is 18.5. The summed E-state index contributed by atoms with van der Waals surface area (Å²) in [6.07, 6.45) is 1.61. The molecule has 2 aromatic carbocycles. The predicted molar refractivity (Wildman–Crippen MR) is 118 cm³/mol. The van der Waals surface area contributed by atoms with Crippen LogP contribution >= 0.6 is 23.2 Å². The van der Waals surface area contributed by atoms with Crippen molar-refractivity contribution in [3.05, 3.63) is 68.7 Å². The molecule has 0 radical (unpaired) electrons. The highest BCUT2D eigenvalue weighted by Gasteiger charge is 2.45. The molecule has 1 amide bonds. The lowest BCUT2D eigenvalue weighted by atomic mass is 9.94. The maximum atomic E-state index is 13.0. The van der Waals surface area contributed by atoms with Gasteiger partial charge in [0.1, 0.15) is 5.76 Å². The molecule has 1 N–H and O–H groups in total. The van der Waals surface area contributed by atoms with Crippen molar-refractivity contribution in [2.24, 2.45) is 0 Å². The molecule has 1 heterocycles. The Bertz CT molecular complexity index is 1010. The van der Waals surface area contributed by atoms with Crippen molar-refractivity contribution in [1.29, 1.82) is 0 Å². The summed E-state index contributed by atoms with van der Waals surface area (Å²) in [6.45, 7) is 4.37. The van der Waals surface area contributed by atoms with E-state index < -0.39 is 17.7 Å². The summed E-state index contributed by atoms with van der Waals surface area (Å²) in [4.78, 5) is 27.3. The van der Waals surface area contributed by atoms with Gasteiger partial charge in [0.2, 0.25) is 0 Å². The number of aliphatic hydroxyl groups excluding tert-OH is 1. The van der Waals surface area contributed by atoms with Crippen molar-refractivity contribution in [2.45, 2.75) is 32.7 Å². The number of likely N-dealkylation sites (tertiary alicyclic amines) is 1. The third-order valence-corrected chi connectivity index (χ3v) is 5.69. The maximum Gasteiger partial charge on any atom is 0.295 e. The molecule has 5 nitrogen and oxygen atoms in total. The molecule has 30 heavy (non-hydrogen) atoms. The van der Waals surface area contributed by atoms with Gasteiger partial charge in [-0.2, -0.15) is 0 Å². The van der Waals surface area contributed by atoms with Crippen molar-refractivity contribution in [3.8, 4) is 5.75 Å². The summed E-state index contributed by atoms with van der Waals surface area (Å²) in [5.41, 5.74) is 2.03. The quantitative estimate of drug-likeness (QED) is 0.358. The van der Waals surface area contributed by atoms with Crippen LogP contribution in [0.1, 0.15) is 42.5 Å². The number of methoxy groups -OCH3 is 1. The molecular weight excluding hydrogens is 425 g/mol. The summed E-state index contributed by atoms with van der Waals surface area (Å²) in [5.74, 6) is -1.39. The van der Waals surface area contributed by atoms with Gasteiger partial charge in [-0.3, -0.25) is 9.59 Å². The molecule has 0 spiro atoms. The second-order valence-electron chi connectivity index (χ2n) is 7.23. The van der Waals surface area contributed by atoms with Crippen molar-refractivity contribution < 1.29 is 19.4 Å². The van der Waals surface area contributed by atoms with Gasteiger partial charge >= 0.3 is 0 Å². The highest BCUT2D eigenvalue weighted by atomic mass is 35.5. The lowest BCUT2D eigenvalue weighted by Gasteiger charge is -2.25. The third kappa shape index (κ3) is 4.05. The molecule has 0 bridgehead atoms. The van der Waals surface area contributed by atoms with E-state index in [0.29, 0.717) is 6.54 Å². The number of aliphatic hydroxyl groups is 1. The van der Waals surface area contributed by atoms with Crippen LogP contribution in [0.5, 0.6) is 5.75 Å². The normalized spacial score (nSPS) is 18.2. The van der Waals surface area contributed by atoms with E-state index in [0.717, 1.165) is 24.0 Å². The van der Waals surface area contributed by atoms with E-state index in [1.54, 1.807) is 0 Å². The standard InChI is InChI=1S/C23H23Cl2NO4/c1-4-5-9-26-19(14-8-6-7-13(2)10-14)18(21(28)23(26)29)20(27)15-11-16(24)22(30-3)17(25)12-15/h6-8,10-12,19,27H,4-5,9H2,1-3H3/b20-18+. The number of aryl methyl sites for hydroxylation is 1. The van der Waals surface area contributed by atoms with Gasteiger partial charge in [0.15, 0.2) is 5.75 Å². The van der Waals surface area contributed by atoms with E-state index in [1.165, 1.54) is 24.1 Å². The number of halogens is 2. The Morgan fingerprint density at radius 1 is 1.17 bits per heavy atom. The van der Waals surface area contributed by atoms with Gasteiger partial charge in [-0.15, -0.1) is 0 Å². The maximum absolute atomic E-state index is 13.0. The molecule has 1 saturated heterocycles. The molecule has 0 saturated carbocycles. The fraction of sp³-hybridized carbons (Fsp3) is 0.304. The van der Waals surface area contributed by atoms with Crippen LogP contribution < -0.4 is 4.74 Å². The number of carbonyl (C=O) groups excluding carboxylic acids is 2. The number of ether oxygens (including phenoxy) is 1. The van der Waals surface area contributed by atoms with Crippen LogP contribution in [-0.2, 0) is 9.59 Å². The summed E-state index contributed by atoms with van der Waals surface area (Å²) < 4.78 is 5.15. The number of Topliss-reactive ketones (excluding diaryl/α,β-unsaturated/α-hetero) is 1. The van der Waals surface area contributed by atoms with Crippen LogP contribution in [0, 0.1) is 6.92 Å². The van der Waals surface area contributed by atoms with Crippen LogP contribution in [0.2, 0.25) is 10.0 Å². The molecule has 1 unspecified atom stereocenters. The Kier molecular flexibility index (Phi) is 6.74. The largest absolute Gasteiger partial charge is 0.507 e. The average Bonchev–Trinajstić information content (AvgIpc) is 2.96. The number of carbonyl (C=O) groups is 2. The van der Waals surface area contributed by atoms with E-state index in [1.807, 2.05) is 38.1 Å². The fourth-order valence-electron chi connectivity index (χ4n) is 3.67. The molecule has 3 rings (SSSR count). The van der Waals surface area contributed by atoms with Crippen LogP contribution in [0.25, 0.3) is 5.76 Å². The Morgan fingerprint density at radius 2 is 1.83 bits per heavy atom. The number of hydrogen-bond acceptors (Lipinski definition) is 4. The monoisotopic (exact) mass is 447 g/mol. The minimum atomic E-state index is -0.724. The Morgan fingerprint density at radius 3 is 2.40 bits per heavy atom. The van der Waals surface area contributed by atoms with Crippen molar-refractivity contribution in [2.75, 3.05) is 13.7 Å². The van der Waals surface area contributed by atoms with Gasteiger partial charge in [0.05, 0.1) is 28.8 Å². The molecule has 2 aromatic rings. The topological polar surface area (TPSA) is 66.8 Å². The van der Waals surface area contributed by atoms with Gasteiger partial charge in [-0.05, 0) is 31.0 Å². The van der Waals surface area contributed by atoms with E-state index in [4.69, 9.17) is 27.9 Å². The number of hydrogen-bond donors (Lipinski definition) is 1. The second kappa shape index (κ2) is 9.11. The van der Waals surface area contributed by atoms with Crippen LogP contribution in [-0.4, -0.2) is 35.4 Å². The summed E-state index contributed by atoms with van der Waals surface area (Å²) in [7, 11) is 1.43. The SMILES string of the molecule is CCCCN1C(=O)C(=O)/C(=C(/O)c2cc(Cl)c(OC)c(Cl)c2)C1c1cccc(C)c1. The molecule has 0 aliphatic carbocycles. The van der Waals surface area contributed by atoms with Crippen LogP contribution in [0.3, 0.4) is 0 Å². The molecule has 1 atom stereocenters. The molecule has 158 valence electrons. The summed E-state index contributed by atoms with van der Waals surface area (Å²) in [5, 5.41) is 11.5. The highest BCUT2D eigenvalue weighted by Crippen LogP contribution is 2.42. The Labute approximate surface area is 185 Å². The van der Waals surface area contributed by atoms with Crippen LogP contribution in [0.4, 0.5) is 0 Å². The second-order valence-corrected chi connectivity index (χ2v) is 8.05. The highest BCUT2D eigenvalue weighted by molar-refractivity contribution is 6.46. The van der Waals surface area contributed by atoms with Gasteiger partial charge in [-0.25, -0.2) is 0 Å². The number of benzene rings is 2. The first-order chi connectivity index (χ1) is 14.3. The van der Waals surface area contributed by atoms with Gasteiger partial charge in [0.25, 0.3) is 11.7 Å². The van der Waals surface area contributed by atoms with E-state index in [2.05, 4.69) is 0 Å². The van der Waals surface area contributed by atoms with Crippen molar-refractivity contribution in [1.82, 2.24) is 4.90 Å². The van der Waals surface area contributed by atoms with E-state index in [-0.39, 0.29) is 32.7 Å². The lowest BCUT2D eigenvalue weighted by Crippen LogP contribution is -2.30. The zero-order valence-electron chi connectivity index (χ0n) is 17.0. The minimum Gasteiger partial charge on any atom is -0.507 e. The number of ketones is 1. The number of rotatable bonds is 6. The zero-order chi connectivity index (χ0) is 22.0. The first-order valence-corrected chi connectivity index (χ1v) is 10.4. The van der Waals surface area contributed by atoms with Crippen LogP contribution in [0.15, 0.2) is 42.0 Å². The summed E-state index contributed by atoms with van der Waals surface area (Å²) in [6, 6.07) is 9.82. The first-order valence-electron chi connectivity index (χ1n) is 9.68. The molecule has 1 aliphatic heterocycles. The van der Waals surface area contributed by atoms with Gasteiger partial charge in [0, 0.05) is 12.1 Å². The molecule has 1 fully saturated rings. The number of unbranched alkanes of at least 4 members (excludes halogenated alkanes) is 1. The third-order valence-electron chi connectivity index (χ3n) is 5.13. The molecule has 7 heteroatoms. The predicted octanol–water partition coefficient (Wildman–Crippen LogP) is 5.53. The lowest BCUT2D eigenvalue weighted by molar-refractivity contribution is -0.139. The van der Waals surface area contributed by atoms with Gasteiger partial charge < -0.3 is 14.7 Å². The Balaban J connectivity index is 2.21. The molecule has 0 aromatic heterocycles. The van der Waals surface area contributed by atoms with Gasteiger partial charge in [-0.1, -0.05) is 66.4 Å². The fourth-order valence-corrected chi connectivity index (χ4v) is 4.31. The molecule has 1 aliphatic rings. The first kappa shape index (κ1) is 22.2. The van der Waals surface area contributed by atoms with E-state index in [9.17, 15) is 14.7 Å². The number of nitrogens with zero attached hydrogens (tertiary/aromatic N) is 1. The number of amides is 1. The summed E-state index contributed by atoms with van der Waals surface area (Å²) >= 11 is 12.4. The van der Waals surface area contributed by atoms with Crippen molar-refractivity contribution in [3.63, 3.8) is 0 Å². The average molecular weight is 448 g/mol. The Hall–Kier alpha value is -2.50. The smallest absolute Gasteiger partial charge is 0.295 e. The van der Waals surface area contributed by atoms with E-state index >= 15 is 0 Å². The molecular formula is C23H23Cl2NO4.